The number of hydrogen-bond donors (Lipinski definition) is 1. The number of unbranched alkanes of at least 4 members (excludes halogenated alkanes) is 1. The van der Waals surface area contributed by atoms with Crippen LogP contribution in [0.25, 0.3) is 0 Å². The van der Waals surface area contributed by atoms with Crippen LogP contribution in [0.3, 0.4) is 0 Å². The molecule has 0 atom stereocenters. The molecule has 0 bridgehead atoms. The van der Waals surface area contributed by atoms with Gasteiger partial charge in [0, 0.05) is 13.5 Å². The SMILES string of the molecule is Cn1nncc1C#CCCCN. The van der Waals surface area contributed by atoms with Crippen LogP contribution in [0.4, 0.5) is 0 Å². The topological polar surface area (TPSA) is 56.7 Å². The van der Waals surface area contributed by atoms with E-state index in [0.29, 0.717) is 6.54 Å². The van der Waals surface area contributed by atoms with E-state index in [0.717, 1.165) is 18.5 Å². The van der Waals surface area contributed by atoms with E-state index in [2.05, 4.69) is 22.2 Å². The molecule has 0 radical (unpaired) electrons. The van der Waals surface area contributed by atoms with E-state index in [4.69, 9.17) is 5.73 Å². The molecular weight excluding hydrogens is 152 g/mol. The molecular formula is C8H12N4. The first-order chi connectivity index (χ1) is 5.84. The van der Waals surface area contributed by atoms with Crippen molar-refractivity contribution in [2.75, 3.05) is 6.54 Å². The summed E-state index contributed by atoms with van der Waals surface area (Å²) in [6.45, 7) is 0.693. The molecule has 0 fully saturated rings. The summed E-state index contributed by atoms with van der Waals surface area (Å²) in [5.74, 6) is 5.96. The minimum atomic E-state index is 0.693. The van der Waals surface area contributed by atoms with Gasteiger partial charge >= 0.3 is 0 Å². The lowest BCUT2D eigenvalue weighted by Crippen LogP contribution is -1.97. The van der Waals surface area contributed by atoms with Gasteiger partial charge in [0.05, 0.1) is 6.20 Å². The molecule has 0 aromatic carbocycles. The lowest BCUT2D eigenvalue weighted by atomic mass is 10.3. The summed E-state index contributed by atoms with van der Waals surface area (Å²) in [7, 11) is 1.82. The molecule has 0 unspecified atom stereocenters. The Labute approximate surface area is 71.8 Å². The van der Waals surface area contributed by atoms with E-state index in [9.17, 15) is 0 Å². The molecule has 4 heteroatoms. The van der Waals surface area contributed by atoms with Gasteiger partial charge in [-0.3, -0.25) is 0 Å². The smallest absolute Gasteiger partial charge is 0.131 e. The number of aromatic nitrogens is 3. The van der Waals surface area contributed by atoms with Gasteiger partial charge in [0.25, 0.3) is 0 Å². The highest BCUT2D eigenvalue weighted by Crippen LogP contribution is 1.90. The second kappa shape index (κ2) is 4.52. The number of nitrogens with zero attached hydrogens (tertiary/aromatic N) is 3. The third-order valence-electron chi connectivity index (χ3n) is 1.44. The van der Waals surface area contributed by atoms with Crippen molar-refractivity contribution in [1.82, 2.24) is 15.0 Å². The summed E-state index contributed by atoms with van der Waals surface area (Å²) >= 11 is 0. The van der Waals surface area contributed by atoms with Crippen molar-refractivity contribution in [3.8, 4) is 11.8 Å². The normalized spacial score (nSPS) is 9.17. The predicted molar refractivity (Wildman–Crippen MR) is 46.2 cm³/mol. The Bertz CT molecular complexity index is 291. The average Bonchev–Trinajstić information content (AvgIpc) is 2.46. The Kier molecular flexibility index (Phi) is 3.30. The summed E-state index contributed by atoms with van der Waals surface area (Å²) in [6, 6.07) is 0. The van der Waals surface area contributed by atoms with E-state index in [1.165, 1.54) is 0 Å². The lowest BCUT2D eigenvalue weighted by Gasteiger charge is -1.87. The molecule has 2 N–H and O–H groups in total. The van der Waals surface area contributed by atoms with Crippen LogP contribution in [0.5, 0.6) is 0 Å². The summed E-state index contributed by atoms with van der Waals surface area (Å²) < 4.78 is 1.65. The van der Waals surface area contributed by atoms with Gasteiger partial charge in [-0.2, -0.15) is 0 Å². The van der Waals surface area contributed by atoms with Gasteiger partial charge in [-0.05, 0) is 18.9 Å². The van der Waals surface area contributed by atoms with Gasteiger partial charge in [-0.25, -0.2) is 4.68 Å². The van der Waals surface area contributed by atoms with E-state index < -0.39 is 0 Å². The zero-order valence-corrected chi connectivity index (χ0v) is 7.12. The van der Waals surface area contributed by atoms with E-state index in [-0.39, 0.29) is 0 Å². The Morgan fingerprint density at radius 3 is 3.08 bits per heavy atom. The quantitative estimate of drug-likeness (QED) is 0.490. The number of hydrogen-bond acceptors (Lipinski definition) is 3. The van der Waals surface area contributed by atoms with Crippen LogP contribution in [0, 0.1) is 11.8 Å². The van der Waals surface area contributed by atoms with E-state index >= 15 is 0 Å². The fourth-order valence-corrected chi connectivity index (χ4v) is 0.746. The monoisotopic (exact) mass is 164 g/mol. The summed E-state index contributed by atoms with van der Waals surface area (Å²) in [6.07, 6.45) is 3.43. The van der Waals surface area contributed by atoms with Crippen molar-refractivity contribution >= 4 is 0 Å². The van der Waals surface area contributed by atoms with Crippen LogP contribution in [0.1, 0.15) is 18.5 Å². The number of aryl methyl sites for hydroxylation is 1. The highest BCUT2D eigenvalue weighted by molar-refractivity contribution is 5.24. The molecule has 0 spiro atoms. The number of nitrogens with two attached hydrogens (primary N) is 1. The predicted octanol–water partition coefficient (Wildman–Crippen LogP) is -0.0945. The standard InChI is InChI=1S/C8H12N4/c1-12-8(7-10-11-12)5-3-2-4-6-9/h7H,2,4,6,9H2,1H3. The van der Waals surface area contributed by atoms with Gasteiger partial charge in [-0.1, -0.05) is 11.1 Å². The first kappa shape index (κ1) is 8.75. The Morgan fingerprint density at radius 2 is 2.50 bits per heavy atom. The molecule has 0 saturated carbocycles. The van der Waals surface area contributed by atoms with Crippen molar-refractivity contribution < 1.29 is 0 Å². The molecule has 1 aromatic heterocycles. The highest BCUT2D eigenvalue weighted by atomic mass is 15.4. The lowest BCUT2D eigenvalue weighted by molar-refractivity contribution is 0.708. The van der Waals surface area contributed by atoms with Gasteiger partial charge in [0.2, 0.25) is 0 Å². The van der Waals surface area contributed by atoms with Crippen LogP contribution >= 0.6 is 0 Å². The maximum absolute atomic E-state index is 5.32. The summed E-state index contributed by atoms with van der Waals surface area (Å²) in [5, 5.41) is 7.46. The molecule has 1 heterocycles. The summed E-state index contributed by atoms with van der Waals surface area (Å²) in [5.41, 5.74) is 6.16. The molecule has 1 rings (SSSR count). The van der Waals surface area contributed by atoms with Crippen molar-refractivity contribution in [3.05, 3.63) is 11.9 Å². The fraction of sp³-hybridized carbons (Fsp3) is 0.500. The zero-order chi connectivity index (χ0) is 8.81. The molecule has 12 heavy (non-hydrogen) atoms. The minimum absolute atomic E-state index is 0.693. The van der Waals surface area contributed by atoms with Crippen LogP contribution in [-0.2, 0) is 7.05 Å². The average molecular weight is 164 g/mol. The maximum atomic E-state index is 5.32. The zero-order valence-electron chi connectivity index (χ0n) is 7.12. The second-order valence-electron chi connectivity index (χ2n) is 2.44. The highest BCUT2D eigenvalue weighted by Gasteiger charge is 1.91. The van der Waals surface area contributed by atoms with Crippen molar-refractivity contribution in [3.63, 3.8) is 0 Å². The molecule has 0 aliphatic carbocycles. The van der Waals surface area contributed by atoms with E-state index in [1.54, 1.807) is 10.9 Å². The summed E-state index contributed by atoms with van der Waals surface area (Å²) in [4.78, 5) is 0. The molecule has 64 valence electrons. The van der Waals surface area contributed by atoms with Gasteiger partial charge in [-0.15, -0.1) is 5.10 Å². The van der Waals surface area contributed by atoms with Crippen LogP contribution in [-0.4, -0.2) is 21.5 Å². The Hall–Kier alpha value is -1.34. The van der Waals surface area contributed by atoms with Crippen molar-refractivity contribution in [2.45, 2.75) is 12.8 Å². The minimum Gasteiger partial charge on any atom is -0.330 e. The first-order valence-corrected chi connectivity index (χ1v) is 3.88. The molecule has 4 nitrogen and oxygen atoms in total. The van der Waals surface area contributed by atoms with Crippen molar-refractivity contribution in [2.24, 2.45) is 12.8 Å². The van der Waals surface area contributed by atoms with Gasteiger partial charge in [0.1, 0.15) is 5.69 Å². The maximum Gasteiger partial charge on any atom is 0.131 e. The van der Waals surface area contributed by atoms with Crippen molar-refractivity contribution in [1.29, 1.82) is 0 Å². The third kappa shape index (κ3) is 2.36. The van der Waals surface area contributed by atoms with Crippen LogP contribution in [0.2, 0.25) is 0 Å². The van der Waals surface area contributed by atoms with Gasteiger partial charge < -0.3 is 5.73 Å². The van der Waals surface area contributed by atoms with Crippen LogP contribution < -0.4 is 5.73 Å². The first-order valence-electron chi connectivity index (χ1n) is 3.88. The van der Waals surface area contributed by atoms with E-state index in [1.807, 2.05) is 7.05 Å². The Morgan fingerprint density at radius 1 is 1.67 bits per heavy atom. The largest absolute Gasteiger partial charge is 0.330 e. The van der Waals surface area contributed by atoms with Crippen LogP contribution in [0.15, 0.2) is 6.20 Å². The number of rotatable bonds is 2. The Balaban J connectivity index is 2.49. The second-order valence-corrected chi connectivity index (χ2v) is 2.44. The molecule has 0 aliphatic rings. The third-order valence-corrected chi connectivity index (χ3v) is 1.44. The molecule has 0 saturated heterocycles. The molecule has 0 amide bonds. The molecule has 0 aliphatic heterocycles. The molecule has 1 aromatic rings. The van der Waals surface area contributed by atoms with Gasteiger partial charge in [0.15, 0.2) is 0 Å². The fourth-order valence-electron chi connectivity index (χ4n) is 0.746.